The smallest absolute Gasteiger partial charge is 0.265 e. The van der Waals surface area contributed by atoms with Crippen molar-refractivity contribution in [3.8, 4) is 16.3 Å². The lowest BCUT2D eigenvalue weighted by atomic mass is 10.2. The molecule has 0 N–H and O–H groups in total. The Balaban J connectivity index is 1.81. The van der Waals surface area contributed by atoms with Crippen LogP contribution in [0.4, 0.5) is 0 Å². The van der Waals surface area contributed by atoms with Gasteiger partial charge in [0.25, 0.3) is 5.91 Å². The molecule has 4 nitrogen and oxygen atoms in total. The van der Waals surface area contributed by atoms with Gasteiger partial charge in [-0.1, -0.05) is 35.9 Å². The standard InChI is InChI=1S/C20H19ClN2O2S/c1-13-18(26-19(22-13)15-7-5-8-16(21)11-15)20(24)23(2)12-14-6-4-9-17(10-14)25-3/h4-11H,12H2,1-3H3. The Labute approximate surface area is 162 Å². The van der Waals surface area contributed by atoms with E-state index in [0.29, 0.717) is 16.4 Å². The van der Waals surface area contributed by atoms with E-state index in [-0.39, 0.29) is 5.91 Å². The third-order valence-electron chi connectivity index (χ3n) is 3.96. The van der Waals surface area contributed by atoms with Crippen LogP contribution in [0.15, 0.2) is 48.5 Å². The number of hydrogen-bond donors (Lipinski definition) is 0. The first-order valence-electron chi connectivity index (χ1n) is 8.09. The predicted octanol–water partition coefficient (Wildman–Crippen LogP) is 5.05. The molecule has 0 bridgehead atoms. The maximum atomic E-state index is 12.9. The summed E-state index contributed by atoms with van der Waals surface area (Å²) in [6, 6.07) is 15.2. The first-order chi connectivity index (χ1) is 12.5. The Morgan fingerprint density at radius 3 is 2.73 bits per heavy atom. The van der Waals surface area contributed by atoms with Crippen LogP contribution in [0.5, 0.6) is 5.75 Å². The molecule has 2 aromatic carbocycles. The fourth-order valence-electron chi connectivity index (χ4n) is 2.63. The van der Waals surface area contributed by atoms with Gasteiger partial charge in [0.15, 0.2) is 0 Å². The minimum Gasteiger partial charge on any atom is -0.497 e. The Morgan fingerprint density at radius 2 is 2.00 bits per heavy atom. The zero-order valence-corrected chi connectivity index (χ0v) is 16.4. The van der Waals surface area contributed by atoms with Gasteiger partial charge in [0, 0.05) is 24.2 Å². The number of halogens is 1. The van der Waals surface area contributed by atoms with Crippen LogP contribution in [0.25, 0.3) is 10.6 Å². The van der Waals surface area contributed by atoms with Crippen molar-refractivity contribution in [1.82, 2.24) is 9.88 Å². The van der Waals surface area contributed by atoms with Crippen LogP contribution in [-0.2, 0) is 6.54 Å². The molecule has 3 rings (SSSR count). The molecule has 1 amide bonds. The highest BCUT2D eigenvalue weighted by Crippen LogP contribution is 2.30. The normalized spacial score (nSPS) is 10.6. The van der Waals surface area contributed by atoms with Crippen molar-refractivity contribution in [3.63, 3.8) is 0 Å². The SMILES string of the molecule is COc1cccc(CN(C)C(=O)c2sc(-c3cccc(Cl)c3)nc2C)c1. The number of rotatable bonds is 5. The molecule has 1 heterocycles. The minimum absolute atomic E-state index is 0.0453. The summed E-state index contributed by atoms with van der Waals surface area (Å²) in [4.78, 5) is 19.8. The molecule has 0 fully saturated rings. The summed E-state index contributed by atoms with van der Waals surface area (Å²) in [6.45, 7) is 2.36. The monoisotopic (exact) mass is 386 g/mol. The van der Waals surface area contributed by atoms with Crippen molar-refractivity contribution in [3.05, 3.63) is 69.7 Å². The van der Waals surface area contributed by atoms with Gasteiger partial charge >= 0.3 is 0 Å². The van der Waals surface area contributed by atoms with Crippen molar-refractivity contribution in [1.29, 1.82) is 0 Å². The summed E-state index contributed by atoms with van der Waals surface area (Å²) >= 11 is 7.45. The largest absolute Gasteiger partial charge is 0.497 e. The Kier molecular flexibility index (Phi) is 5.59. The van der Waals surface area contributed by atoms with E-state index < -0.39 is 0 Å². The van der Waals surface area contributed by atoms with Gasteiger partial charge in [-0.2, -0.15) is 0 Å². The van der Waals surface area contributed by atoms with Gasteiger partial charge in [-0.05, 0) is 36.8 Å². The number of ether oxygens (including phenoxy) is 1. The summed E-state index contributed by atoms with van der Waals surface area (Å²) in [5, 5.41) is 1.45. The lowest BCUT2D eigenvalue weighted by molar-refractivity contribution is 0.0789. The van der Waals surface area contributed by atoms with Gasteiger partial charge in [-0.25, -0.2) is 4.98 Å². The number of carbonyl (C=O) groups excluding carboxylic acids is 1. The first kappa shape index (κ1) is 18.4. The molecule has 26 heavy (non-hydrogen) atoms. The molecule has 6 heteroatoms. The molecule has 0 aliphatic heterocycles. The third kappa shape index (κ3) is 4.06. The van der Waals surface area contributed by atoms with E-state index in [9.17, 15) is 4.79 Å². The number of nitrogens with zero attached hydrogens (tertiary/aromatic N) is 2. The predicted molar refractivity (Wildman–Crippen MR) is 106 cm³/mol. The molecule has 0 aliphatic carbocycles. The average Bonchev–Trinajstić information content (AvgIpc) is 3.03. The van der Waals surface area contributed by atoms with Gasteiger partial charge in [-0.3, -0.25) is 4.79 Å². The molecule has 0 saturated heterocycles. The third-order valence-corrected chi connectivity index (χ3v) is 5.39. The van der Waals surface area contributed by atoms with Gasteiger partial charge in [0.2, 0.25) is 0 Å². The van der Waals surface area contributed by atoms with Crippen LogP contribution in [0.2, 0.25) is 5.02 Å². The Morgan fingerprint density at radius 1 is 1.23 bits per heavy atom. The number of aryl methyl sites for hydroxylation is 1. The van der Waals surface area contributed by atoms with E-state index in [1.807, 2.05) is 55.5 Å². The van der Waals surface area contributed by atoms with Crippen molar-refractivity contribution < 1.29 is 9.53 Å². The van der Waals surface area contributed by atoms with E-state index in [0.717, 1.165) is 27.6 Å². The van der Waals surface area contributed by atoms with E-state index in [4.69, 9.17) is 16.3 Å². The molecular weight excluding hydrogens is 368 g/mol. The van der Waals surface area contributed by atoms with Crippen molar-refractivity contribution in [2.75, 3.05) is 14.2 Å². The van der Waals surface area contributed by atoms with E-state index in [2.05, 4.69) is 4.98 Å². The molecule has 3 aromatic rings. The van der Waals surface area contributed by atoms with Gasteiger partial charge in [0.05, 0.1) is 12.8 Å². The molecule has 0 radical (unpaired) electrons. The quantitative estimate of drug-likeness (QED) is 0.616. The second-order valence-electron chi connectivity index (χ2n) is 5.96. The van der Waals surface area contributed by atoms with Crippen LogP contribution in [-0.4, -0.2) is 29.9 Å². The maximum Gasteiger partial charge on any atom is 0.265 e. The van der Waals surface area contributed by atoms with E-state index >= 15 is 0 Å². The van der Waals surface area contributed by atoms with Crippen LogP contribution in [0, 0.1) is 6.92 Å². The van der Waals surface area contributed by atoms with Crippen molar-refractivity contribution >= 4 is 28.8 Å². The topological polar surface area (TPSA) is 42.4 Å². The van der Waals surface area contributed by atoms with Crippen LogP contribution in [0.3, 0.4) is 0 Å². The van der Waals surface area contributed by atoms with E-state index in [1.54, 1.807) is 19.1 Å². The summed E-state index contributed by atoms with van der Waals surface area (Å²) in [5.41, 5.74) is 2.66. The zero-order valence-electron chi connectivity index (χ0n) is 14.8. The highest BCUT2D eigenvalue weighted by Gasteiger charge is 2.20. The maximum absolute atomic E-state index is 12.9. The molecule has 0 saturated carbocycles. The Hall–Kier alpha value is -2.37. The van der Waals surface area contributed by atoms with Gasteiger partial charge in [0.1, 0.15) is 15.6 Å². The number of hydrogen-bond acceptors (Lipinski definition) is 4. The first-order valence-corrected chi connectivity index (χ1v) is 9.29. The number of carbonyl (C=O) groups is 1. The fraction of sp³-hybridized carbons (Fsp3) is 0.200. The van der Waals surface area contributed by atoms with Gasteiger partial charge < -0.3 is 9.64 Å². The Bertz CT molecular complexity index is 939. The summed E-state index contributed by atoms with van der Waals surface area (Å²) in [5.74, 6) is 0.733. The molecule has 0 atom stereocenters. The second-order valence-corrected chi connectivity index (χ2v) is 7.39. The molecule has 134 valence electrons. The summed E-state index contributed by atoms with van der Waals surface area (Å²) in [6.07, 6.45) is 0. The summed E-state index contributed by atoms with van der Waals surface area (Å²) in [7, 11) is 3.42. The zero-order chi connectivity index (χ0) is 18.7. The molecule has 0 unspecified atom stereocenters. The van der Waals surface area contributed by atoms with Gasteiger partial charge in [-0.15, -0.1) is 11.3 Å². The number of methoxy groups -OCH3 is 1. The van der Waals surface area contributed by atoms with Crippen LogP contribution in [0.1, 0.15) is 20.9 Å². The molecular formula is C20H19ClN2O2S. The minimum atomic E-state index is -0.0453. The van der Waals surface area contributed by atoms with Crippen LogP contribution < -0.4 is 4.74 Å². The average molecular weight is 387 g/mol. The summed E-state index contributed by atoms with van der Waals surface area (Å²) < 4.78 is 5.24. The molecule has 0 spiro atoms. The van der Waals surface area contributed by atoms with E-state index in [1.165, 1.54) is 11.3 Å². The van der Waals surface area contributed by atoms with Crippen molar-refractivity contribution in [2.45, 2.75) is 13.5 Å². The lowest BCUT2D eigenvalue weighted by Crippen LogP contribution is -2.26. The highest BCUT2D eigenvalue weighted by atomic mass is 35.5. The van der Waals surface area contributed by atoms with Crippen LogP contribution >= 0.6 is 22.9 Å². The number of thiazole rings is 1. The number of benzene rings is 2. The fourth-order valence-corrected chi connectivity index (χ4v) is 3.88. The number of aromatic nitrogens is 1. The second kappa shape index (κ2) is 7.89. The molecule has 1 aromatic heterocycles. The molecule has 0 aliphatic rings. The van der Waals surface area contributed by atoms with Crippen molar-refractivity contribution in [2.24, 2.45) is 0 Å². The number of amides is 1. The lowest BCUT2D eigenvalue weighted by Gasteiger charge is -2.17. The highest BCUT2D eigenvalue weighted by molar-refractivity contribution is 7.17.